The summed E-state index contributed by atoms with van der Waals surface area (Å²) in [7, 11) is 0. The van der Waals surface area contributed by atoms with Gasteiger partial charge in [-0.25, -0.2) is 4.98 Å². The summed E-state index contributed by atoms with van der Waals surface area (Å²) >= 11 is 0. The third kappa shape index (κ3) is 2.89. The van der Waals surface area contributed by atoms with Crippen molar-refractivity contribution < 1.29 is 0 Å². The molecule has 0 aliphatic rings. The summed E-state index contributed by atoms with van der Waals surface area (Å²) in [6.45, 7) is 7.02. The lowest BCUT2D eigenvalue weighted by atomic mass is 10.1. The van der Waals surface area contributed by atoms with Gasteiger partial charge in [0, 0.05) is 23.8 Å². The lowest BCUT2D eigenvalue weighted by molar-refractivity contribution is 0.776. The number of aromatic nitrogens is 3. The van der Waals surface area contributed by atoms with Crippen molar-refractivity contribution >= 4 is 16.9 Å². The second-order valence-electron chi connectivity index (χ2n) is 5.63. The smallest absolute Gasteiger partial charge is 0.203 e. The molecule has 0 fully saturated rings. The Bertz CT molecular complexity index is 753. The quantitative estimate of drug-likeness (QED) is 0.794. The number of imidazole rings is 1. The van der Waals surface area contributed by atoms with Crippen molar-refractivity contribution in [2.45, 2.75) is 33.4 Å². The molecule has 0 amide bonds. The van der Waals surface area contributed by atoms with Gasteiger partial charge in [-0.2, -0.15) is 0 Å². The van der Waals surface area contributed by atoms with Gasteiger partial charge in [0.2, 0.25) is 5.95 Å². The van der Waals surface area contributed by atoms with Crippen molar-refractivity contribution in [2.75, 3.05) is 5.32 Å². The van der Waals surface area contributed by atoms with Crippen LogP contribution < -0.4 is 5.32 Å². The molecule has 1 N–H and O–H groups in total. The van der Waals surface area contributed by atoms with E-state index in [4.69, 9.17) is 0 Å². The van der Waals surface area contributed by atoms with Crippen molar-refractivity contribution in [3.8, 4) is 0 Å². The number of para-hydroxylation sites is 1. The third-order valence-electron chi connectivity index (χ3n) is 3.37. The zero-order valence-corrected chi connectivity index (χ0v) is 12.7. The first kappa shape index (κ1) is 13.6. The molecule has 0 saturated heterocycles. The number of rotatable bonds is 4. The van der Waals surface area contributed by atoms with Crippen LogP contribution in [0.4, 0.5) is 5.95 Å². The molecule has 0 saturated carbocycles. The Morgan fingerprint density at radius 3 is 2.81 bits per heavy atom. The highest BCUT2D eigenvalue weighted by Gasteiger charge is 2.09. The zero-order valence-electron chi connectivity index (χ0n) is 12.7. The van der Waals surface area contributed by atoms with E-state index in [9.17, 15) is 0 Å². The third-order valence-corrected chi connectivity index (χ3v) is 3.37. The van der Waals surface area contributed by atoms with Crippen LogP contribution in [0.1, 0.15) is 25.1 Å². The van der Waals surface area contributed by atoms with E-state index in [1.54, 1.807) is 0 Å². The zero-order chi connectivity index (χ0) is 14.8. The van der Waals surface area contributed by atoms with Crippen molar-refractivity contribution in [2.24, 2.45) is 0 Å². The number of fused-ring (bicyclic) bond motifs is 1. The number of nitrogens with zero attached hydrogens (tertiary/aromatic N) is 3. The van der Waals surface area contributed by atoms with Gasteiger partial charge < -0.3 is 9.88 Å². The molecule has 4 heteroatoms. The first-order valence-corrected chi connectivity index (χ1v) is 7.26. The van der Waals surface area contributed by atoms with Crippen LogP contribution in [0.5, 0.6) is 0 Å². The predicted molar refractivity (Wildman–Crippen MR) is 86.6 cm³/mol. The van der Waals surface area contributed by atoms with Crippen molar-refractivity contribution in [1.82, 2.24) is 14.5 Å². The highest BCUT2D eigenvalue weighted by atomic mass is 15.2. The number of pyridine rings is 1. The molecule has 0 radical (unpaired) electrons. The maximum absolute atomic E-state index is 4.56. The molecule has 0 spiro atoms. The number of hydrogen-bond acceptors (Lipinski definition) is 3. The lowest BCUT2D eigenvalue weighted by Gasteiger charge is -2.13. The van der Waals surface area contributed by atoms with Crippen LogP contribution in [0.25, 0.3) is 10.9 Å². The molecule has 2 aromatic heterocycles. The van der Waals surface area contributed by atoms with E-state index in [0.717, 1.165) is 23.7 Å². The average molecular weight is 280 g/mol. The van der Waals surface area contributed by atoms with Gasteiger partial charge in [-0.15, -0.1) is 0 Å². The summed E-state index contributed by atoms with van der Waals surface area (Å²) in [5, 5.41) is 4.57. The van der Waals surface area contributed by atoms with Gasteiger partial charge >= 0.3 is 0 Å². The molecular formula is C17H20N4. The maximum Gasteiger partial charge on any atom is 0.203 e. The van der Waals surface area contributed by atoms with Crippen LogP contribution in [-0.2, 0) is 6.54 Å². The fourth-order valence-electron chi connectivity index (χ4n) is 2.52. The minimum absolute atomic E-state index is 0.358. The van der Waals surface area contributed by atoms with Gasteiger partial charge in [-0.1, -0.05) is 24.3 Å². The second-order valence-corrected chi connectivity index (χ2v) is 5.63. The van der Waals surface area contributed by atoms with E-state index in [-0.39, 0.29) is 0 Å². The minimum Gasteiger partial charge on any atom is -0.353 e. The molecule has 1 aromatic carbocycles. The highest BCUT2D eigenvalue weighted by molar-refractivity contribution is 5.81. The number of nitrogens with one attached hydrogen (secondary N) is 1. The summed E-state index contributed by atoms with van der Waals surface area (Å²) in [6, 6.07) is 10.7. The Kier molecular flexibility index (Phi) is 3.60. The molecule has 0 aliphatic carbocycles. The molecule has 0 bridgehead atoms. The van der Waals surface area contributed by atoms with E-state index < -0.39 is 0 Å². The first-order chi connectivity index (χ1) is 10.1. The summed E-state index contributed by atoms with van der Waals surface area (Å²) in [6.07, 6.45) is 3.92. The average Bonchev–Trinajstić information content (AvgIpc) is 2.78. The van der Waals surface area contributed by atoms with E-state index in [1.807, 2.05) is 19.2 Å². The summed E-state index contributed by atoms with van der Waals surface area (Å²) in [4.78, 5) is 9.08. The van der Waals surface area contributed by atoms with Crippen LogP contribution >= 0.6 is 0 Å². The molecule has 2 heterocycles. The molecule has 4 nitrogen and oxygen atoms in total. The Balaban J connectivity index is 1.99. The van der Waals surface area contributed by atoms with E-state index in [1.165, 1.54) is 10.9 Å². The standard InChI is InChI=1S/C17H20N4/c1-12(2)19-17-20-13(3)10-21(17)11-15-7-4-6-14-8-5-9-18-16(14)15/h4-10,12H,11H2,1-3H3,(H,19,20). The predicted octanol–water partition coefficient (Wildman–Crippen LogP) is 3.61. The van der Waals surface area contributed by atoms with Gasteiger partial charge in [-0.3, -0.25) is 4.98 Å². The Labute approximate surface area is 124 Å². The molecule has 3 rings (SSSR count). The minimum atomic E-state index is 0.358. The SMILES string of the molecule is Cc1cn(Cc2cccc3cccnc23)c(NC(C)C)n1. The number of hydrogen-bond donors (Lipinski definition) is 1. The van der Waals surface area contributed by atoms with Crippen LogP contribution in [0.15, 0.2) is 42.7 Å². The number of anilines is 1. The van der Waals surface area contributed by atoms with Crippen LogP contribution in [0.2, 0.25) is 0 Å². The van der Waals surface area contributed by atoms with Crippen LogP contribution in [0.3, 0.4) is 0 Å². The van der Waals surface area contributed by atoms with Crippen molar-refractivity contribution in [3.05, 3.63) is 54.0 Å². The van der Waals surface area contributed by atoms with Crippen molar-refractivity contribution in [1.29, 1.82) is 0 Å². The van der Waals surface area contributed by atoms with Crippen LogP contribution in [-0.4, -0.2) is 20.6 Å². The Morgan fingerprint density at radius 1 is 1.19 bits per heavy atom. The monoisotopic (exact) mass is 280 g/mol. The molecule has 21 heavy (non-hydrogen) atoms. The normalized spacial score (nSPS) is 11.2. The fourth-order valence-corrected chi connectivity index (χ4v) is 2.52. The van der Waals surface area contributed by atoms with Gasteiger partial charge in [0.1, 0.15) is 0 Å². The second kappa shape index (κ2) is 5.56. The van der Waals surface area contributed by atoms with Crippen LogP contribution in [0, 0.1) is 6.92 Å². The Hall–Kier alpha value is -2.36. The summed E-state index contributed by atoms with van der Waals surface area (Å²) in [5.41, 5.74) is 3.28. The fraction of sp³-hybridized carbons (Fsp3) is 0.294. The number of aryl methyl sites for hydroxylation is 1. The van der Waals surface area contributed by atoms with E-state index in [2.05, 4.69) is 64.2 Å². The van der Waals surface area contributed by atoms with Gasteiger partial charge in [0.25, 0.3) is 0 Å². The molecular weight excluding hydrogens is 260 g/mol. The molecule has 0 aliphatic heterocycles. The molecule has 108 valence electrons. The largest absolute Gasteiger partial charge is 0.353 e. The van der Waals surface area contributed by atoms with Gasteiger partial charge in [0.15, 0.2) is 0 Å². The lowest BCUT2D eigenvalue weighted by Crippen LogP contribution is -2.15. The summed E-state index contributed by atoms with van der Waals surface area (Å²) < 4.78 is 2.15. The Morgan fingerprint density at radius 2 is 2.00 bits per heavy atom. The van der Waals surface area contributed by atoms with E-state index >= 15 is 0 Å². The highest BCUT2D eigenvalue weighted by Crippen LogP contribution is 2.19. The molecule has 0 unspecified atom stereocenters. The van der Waals surface area contributed by atoms with E-state index in [0.29, 0.717) is 6.04 Å². The maximum atomic E-state index is 4.56. The topological polar surface area (TPSA) is 42.7 Å². The van der Waals surface area contributed by atoms with Crippen molar-refractivity contribution in [3.63, 3.8) is 0 Å². The molecule has 3 aromatic rings. The van der Waals surface area contributed by atoms with Gasteiger partial charge in [-0.05, 0) is 32.4 Å². The number of benzene rings is 1. The molecule has 0 atom stereocenters. The first-order valence-electron chi connectivity index (χ1n) is 7.26. The van der Waals surface area contributed by atoms with Gasteiger partial charge in [0.05, 0.1) is 17.8 Å². The summed E-state index contributed by atoms with van der Waals surface area (Å²) in [5.74, 6) is 0.912.